The minimum Gasteiger partial charge on any atom is -0.348 e. The van der Waals surface area contributed by atoms with Crippen LogP contribution in [0, 0.1) is 5.92 Å². The Balaban J connectivity index is 1.97. The van der Waals surface area contributed by atoms with E-state index in [1.165, 1.54) is 27.4 Å². The van der Waals surface area contributed by atoms with E-state index in [0.29, 0.717) is 5.92 Å². The molecule has 1 unspecified atom stereocenters. The zero-order valence-electron chi connectivity index (χ0n) is 12.7. The summed E-state index contributed by atoms with van der Waals surface area (Å²) in [5.41, 5.74) is 4.09. The first-order chi connectivity index (χ1) is 10.8. The predicted molar refractivity (Wildman–Crippen MR) is 93.7 cm³/mol. The van der Waals surface area contributed by atoms with E-state index in [1.54, 1.807) is 0 Å². The lowest BCUT2D eigenvalue weighted by Gasteiger charge is -2.30. The molecular formula is C21H19N. The number of anilines is 1. The molecule has 1 heteroatoms. The van der Waals surface area contributed by atoms with E-state index in [0.717, 1.165) is 6.42 Å². The molecule has 2 aromatic rings. The average molecular weight is 285 g/mol. The second kappa shape index (κ2) is 5.34. The first-order valence-corrected chi connectivity index (χ1v) is 7.80. The highest BCUT2D eigenvalue weighted by atomic mass is 15.1. The van der Waals surface area contributed by atoms with Gasteiger partial charge in [0.25, 0.3) is 0 Å². The van der Waals surface area contributed by atoms with Crippen molar-refractivity contribution in [1.29, 1.82) is 0 Å². The van der Waals surface area contributed by atoms with Crippen molar-refractivity contribution < 1.29 is 0 Å². The average Bonchev–Trinajstić information content (AvgIpc) is 2.61. The number of allylic oxidation sites excluding steroid dienone is 4. The Morgan fingerprint density at radius 2 is 1.59 bits per heavy atom. The molecule has 0 amide bonds. The van der Waals surface area contributed by atoms with E-state index in [4.69, 9.17) is 0 Å². The molecule has 0 saturated carbocycles. The van der Waals surface area contributed by atoms with Gasteiger partial charge < -0.3 is 4.90 Å². The third-order valence-electron chi connectivity index (χ3n) is 4.64. The molecule has 0 bridgehead atoms. The fourth-order valence-electron chi connectivity index (χ4n) is 3.48. The van der Waals surface area contributed by atoms with Gasteiger partial charge in [-0.05, 0) is 29.3 Å². The molecule has 0 spiro atoms. The molecule has 2 aromatic carbocycles. The van der Waals surface area contributed by atoms with Gasteiger partial charge in [-0.3, -0.25) is 0 Å². The van der Waals surface area contributed by atoms with E-state index >= 15 is 0 Å². The van der Waals surface area contributed by atoms with Crippen LogP contribution in [0.4, 0.5) is 5.69 Å². The van der Waals surface area contributed by atoms with E-state index in [9.17, 15) is 0 Å². The van der Waals surface area contributed by atoms with Crippen molar-refractivity contribution in [3.63, 3.8) is 0 Å². The Hall–Kier alpha value is -2.54. The van der Waals surface area contributed by atoms with Crippen molar-refractivity contribution in [2.24, 2.45) is 5.92 Å². The molecule has 0 aromatic heterocycles. The summed E-state index contributed by atoms with van der Waals surface area (Å²) in [6.45, 7) is 0. The van der Waals surface area contributed by atoms with Gasteiger partial charge in [0.2, 0.25) is 0 Å². The van der Waals surface area contributed by atoms with Crippen LogP contribution < -0.4 is 15.3 Å². The van der Waals surface area contributed by atoms with Crippen LogP contribution >= 0.6 is 0 Å². The Kier molecular flexibility index (Phi) is 3.19. The van der Waals surface area contributed by atoms with Crippen LogP contribution in [0.3, 0.4) is 0 Å². The fourth-order valence-corrected chi connectivity index (χ4v) is 3.48. The maximum Gasteiger partial charge on any atom is 0.0405 e. The van der Waals surface area contributed by atoms with Gasteiger partial charge in [0.1, 0.15) is 0 Å². The highest BCUT2D eigenvalue weighted by molar-refractivity contribution is 5.75. The number of fused-ring (bicyclic) bond motifs is 2. The van der Waals surface area contributed by atoms with E-state index in [-0.39, 0.29) is 0 Å². The minimum atomic E-state index is 0.487. The van der Waals surface area contributed by atoms with Gasteiger partial charge in [0.15, 0.2) is 0 Å². The summed E-state index contributed by atoms with van der Waals surface area (Å²) in [6.07, 6.45) is 9.96. The third-order valence-corrected chi connectivity index (χ3v) is 4.64. The van der Waals surface area contributed by atoms with Crippen molar-refractivity contribution in [1.82, 2.24) is 0 Å². The van der Waals surface area contributed by atoms with Gasteiger partial charge in [0.05, 0.1) is 0 Å². The standard InChI is InChI=1S/C21H19N/c1-22(17-10-3-2-4-11-17)21-15-16-9-5-6-12-18(16)19-13-7-8-14-20(19)21/h2-14,16H,15H2,1H3. The van der Waals surface area contributed by atoms with Gasteiger partial charge in [-0.2, -0.15) is 0 Å². The van der Waals surface area contributed by atoms with E-state index < -0.39 is 0 Å². The first kappa shape index (κ1) is 13.1. The molecule has 22 heavy (non-hydrogen) atoms. The van der Waals surface area contributed by atoms with Crippen molar-refractivity contribution in [3.05, 3.63) is 89.3 Å². The molecule has 1 atom stereocenters. The van der Waals surface area contributed by atoms with Crippen LogP contribution in [0.2, 0.25) is 0 Å². The maximum atomic E-state index is 2.34. The lowest BCUT2D eigenvalue weighted by molar-refractivity contribution is 0.822. The summed E-state index contributed by atoms with van der Waals surface area (Å²) in [5.74, 6) is 0.487. The molecule has 4 rings (SSSR count). The highest BCUT2D eigenvalue weighted by Crippen LogP contribution is 2.30. The molecule has 0 fully saturated rings. The van der Waals surface area contributed by atoms with Gasteiger partial charge in [-0.1, -0.05) is 66.8 Å². The molecule has 0 aliphatic heterocycles. The molecule has 0 N–H and O–H groups in total. The molecule has 0 heterocycles. The topological polar surface area (TPSA) is 3.24 Å². The Morgan fingerprint density at radius 3 is 2.41 bits per heavy atom. The van der Waals surface area contributed by atoms with Gasteiger partial charge in [-0.15, -0.1) is 0 Å². The molecule has 2 aliphatic rings. The SMILES string of the molecule is CN(C1=c2ccccc2=C2C=CC=CC2C1)c1ccccc1. The van der Waals surface area contributed by atoms with E-state index in [1.807, 2.05) is 0 Å². The van der Waals surface area contributed by atoms with Crippen LogP contribution in [-0.4, -0.2) is 7.05 Å². The Labute approximate surface area is 131 Å². The monoisotopic (exact) mass is 285 g/mol. The number of benzene rings is 2. The quantitative estimate of drug-likeness (QED) is 0.819. The third kappa shape index (κ3) is 2.10. The van der Waals surface area contributed by atoms with Crippen molar-refractivity contribution >= 4 is 17.0 Å². The lowest BCUT2D eigenvalue weighted by Crippen LogP contribution is -2.39. The number of hydrogen-bond acceptors (Lipinski definition) is 1. The number of rotatable bonds is 2. The zero-order chi connectivity index (χ0) is 14.9. The van der Waals surface area contributed by atoms with Gasteiger partial charge in [-0.25, -0.2) is 0 Å². The molecule has 0 radical (unpaired) electrons. The number of hydrogen-bond donors (Lipinski definition) is 0. The highest BCUT2D eigenvalue weighted by Gasteiger charge is 2.22. The minimum absolute atomic E-state index is 0.487. The smallest absolute Gasteiger partial charge is 0.0405 e. The second-order valence-electron chi connectivity index (χ2n) is 5.90. The molecule has 1 nitrogen and oxygen atoms in total. The van der Waals surface area contributed by atoms with Crippen LogP contribution in [0.1, 0.15) is 6.42 Å². The first-order valence-electron chi connectivity index (χ1n) is 7.80. The second-order valence-corrected chi connectivity index (χ2v) is 5.90. The summed E-state index contributed by atoms with van der Waals surface area (Å²) in [4.78, 5) is 2.34. The fraction of sp³-hybridized carbons (Fsp3) is 0.143. The normalized spacial score (nSPS) is 18.9. The van der Waals surface area contributed by atoms with Crippen LogP contribution in [0.15, 0.2) is 78.9 Å². The summed E-state index contributed by atoms with van der Waals surface area (Å²) >= 11 is 0. The largest absolute Gasteiger partial charge is 0.348 e. The number of para-hydroxylation sites is 1. The van der Waals surface area contributed by atoms with Crippen LogP contribution in [-0.2, 0) is 0 Å². The zero-order valence-corrected chi connectivity index (χ0v) is 12.7. The lowest BCUT2D eigenvalue weighted by atomic mass is 9.84. The molecule has 108 valence electrons. The maximum absolute atomic E-state index is 2.34. The van der Waals surface area contributed by atoms with Crippen LogP contribution in [0.5, 0.6) is 0 Å². The summed E-state index contributed by atoms with van der Waals surface area (Å²) in [7, 11) is 2.18. The van der Waals surface area contributed by atoms with E-state index in [2.05, 4.69) is 90.8 Å². The predicted octanol–water partition coefficient (Wildman–Crippen LogP) is 3.23. The summed E-state index contributed by atoms with van der Waals surface area (Å²) in [6, 6.07) is 19.4. The Bertz CT molecular complexity index is 872. The summed E-state index contributed by atoms with van der Waals surface area (Å²) < 4.78 is 0. The van der Waals surface area contributed by atoms with Crippen molar-refractivity contribution in [3.8, 4) is 0 Å². The molecule has 2 aliphatic carbocycles. The van der Waals surface area contributed by atoms with Crippen molar-refractivity contribution in [2.75, 3.05) is 11.9 Å². The van der Waals surface area contributed by atoms with Gasteiger partial charge >= 0.3 is 0 Å². The molecular weight excluding hydrogens is 266 g/mol. The van der Waals surface area contributed by atoms with Crippen LogP contribution in [0.25, 0.3) is 11.3 Å². The molecule has 0 saturated heterocycles. The Morgan fingerprint density at radius 1 is 0.864 bits per heavy atom. The number of nitrogens with zero attached hydrogens (tertiary/aromatic N) is 1. The van der Waals surface area contributed by atoms with Gasteiger partial charge in [0, 0.05) is 29.6 Å². The van der Waals surface area contributed by atoms with Crippen molar-refractivity contribution in [2.45, 2.75) is 6.42 Å². The summed E-state index contributed by atoms with van der Waals surface area (Å²) in [5, 5.41) is 2.73.